The van der Waals surface area contributed by atoms with Crippen molar-refractivity contribution < 1.29 is 9.90 Å². The van der Waals surface area contributed by atoms with E-state index in [0.29, 0.717) is 11.9 Å². The van der Waals surface area contributed by atoms with Crippen LogP contribution in [0.2, 0.25) is 0 Å². The molecule has 5 N–H and O–H groups in total. The van der Waals surface area contributed by atoms with E-state index < -0.39 is 5.97 Å². The van der Waals surface area contributed by atoms with Gasteiger partial charge < -0.3 is 21.5 Å². The fraction of sp³-hybridized carbons (Fsp3) is 0.368. The standard InChI is InChI=1S/C19H26N4O2/c1-14(7-10-22-17-6-3-9-23-19(17)20)21-11-8-15-4-2-5-16(12-15)13-18(24)25/h2-6,9,12,14,21-22H,7-8,10-11,13H2,1H3,(H2,20,23)(H,24,25)/t14-/m1/s1. The van der Waals surface area contributed by atoms with Gasteiger partial charge in [-0.2, -0.15) is 0 Å². The Morgan fingerprint density at radius 2 is 2.04 bits per heavy atom. The molecular formula is C19H26N4O2. The van der Waals surface area contributed by atoms with Crippen molar-refractivity contribution in [3.63, 3.8) is 0 Å². The maximum Gasteiger partial charge on any atom is 0.307 e. The number of nitrogen functional groups attached to an aromatic ring is 1. The van der Waals surface area contributed by atoms with Crippen LogP contribution in [0.1, 0.15) is 24.5 Å². The van der Waals surface area contributed by atoms with Gasteiger partial charge in [0.2, 0.25) is 0 Å². The average Bonchev–Trinajstić information content (AvgIpc) is 2.56. The summed E-state index contributed by atoms with van der Waals surface area (Å²) in [5, 5.41) is 15.6. The van der Waals surface area contributed by atoms with Gasteiger partial charge >= 0.3 is 5.97 Å². The largest absolute Gasteiger partial charge is 0.481 e. The van der Waals surface area contributed by atoms with E-state index in [0.717, 1.165) is 42.7 Å². The lowest BCUT2D eigenvalue weighted by atomic mass is 10.1. The molecule has 1 heterocycles. The molecule has 1 aromatic heterocycles. The molecule has 0 fully saturated rings. The minimum absolute atomic E-state index is 0.0703. The number of hydrogen-bond donors (Lipinski definition) is 4. The minimum atomic E-state index is -0.800. The van der Waals surface area contributed by atoms with E-state index in [9.17, 15) is 4.79 Å². The smallest absolute Gasteiger partial charge is 0.307 e. The number of aliphatic carboxylic acids is 1. The second-order valence-electron chi connectivity index (χ2n) is 6.15. The fourth-order valence-corrected chi connectivity index (χ4v) is 2.63. The summed E-state index contributed by atoms with van der Waals surface area (Å²) in [6.07, 6.45) is 3.59. The molecule has 6 nitrogen and oxygen atoms in total. The number of anilines is 2. The van der Waals surface area contributed by atoms with Gasteiger partial charge in [0.05, 0.1) is 12.1 Å². The summed E-state index contributed by atoms with van der Waals surface area (Å²) >= 11 is 0. The van der Waals surface area contributed by atoms with Gasteiger partial charge in [-0.05, 0) is 49.6 Å². The molecule has 2 aromatic rings. The van der Waals surface area contributed by atoms with E-state index in [1.807, 2.05) is 36.4 Å². The number of nitrogens with zero attached hydrogens (tertiary/aromatic N) is 1. The Labute approximate surface area is 148 Å². The van der Waals surface area contributed by atoms with Gasteiger partial charge in [-0.3, -0.25) is 4.79 Å². The summed E-state index contributed by atoms with van der Waals surface area (Å²) in [5.74, 6) is -0.282. The number of pyridine rings is 1. The van der Waals surface area contributed by atoms with Crippen molar-refractivity contribution in [2.24, 2.45) is 0 Å². The number of nitrogens with one attached hydrogen (secondary N) is 2. The molecule has 1 atom stereocenters. The summed E-state index contributed by atoms with van der Waals surface area (Å²) in [4.78, 5) is 14.8. The van der Waals surface area contributed by atoms with Crippen molar-refractivity contribution in [2.45, 2.75) is 32.2 Å². The van der Waals surface area contributed by atoms with Crippen LogP contribution >= 0.6 is 0 Å². The van der Waals surface area contributed by atoms with Crippen molar-refractivity contribution >= 4 is 17.5 Å². The highest BCUT2D eigenvalue weighted by Gasteiger charge is 2.04. The second kappa shape index (κ2) is 9.64. The second-order valence-corrected chi connectivity index (χ2v) is 6.15. The van der Waals surface area contributed by atoms with Crippen LogP contribution in [-0.4, -0.2) is 35.2 Å². The Balaban J connectivity index is 1.67. The molecule has 6 heteroatoms. The van der Waals surface area contributed by atoms with Crippen molar-refractivity contribution in [3.05, 3.63) is 53.7 Å². The van der Waals surface area contributed by atoms with Crippen LogP contribution in [0.5, 0.6) is 0 Å². The lowest BCUT2D eigenvalue weighted by Crippen LogP contribution is -2.30. The number of carbonyl (C=O) groups is 1. The Kier molecular flexibility index (Phi) is 7.22. The molecule has 25 heavy (non-hydrogen) atoms. The van der Waals surface area contributed by atoms with E-state index in [4.69, 9.17) is 10.8 Å². The number of rotatable bonds is 10. The maximum atomic E-state index is 10.8. The van der Waals surface area contributed by atoms with Crippen LogP contribution in [0.15, 0.2) is 42.6 Å². The molecule has 0 amide bonds. The lowest BCUT2D eigenvalue weighted by molar-refractivity contribution is -0.136. The van der Waals surface area contributed by atoms with Crippen molar-refractivity contribution in [1.82, 2.24) is 10.3 Å². The number of nitrogens with two attached hydrogens (primary N) is 1. The molecular weight excluding hydrogens is 316 g/mol. The molecule has 0 saturated carbocycles. The zero-order chi connectivity index (χ0) is 18.1. The Morgan fingerprint density at radius 1 is 1.24 bits per heavy atom. The summed E-state index contributed by atoms with van der Waals surface area (Å²) in [5.41, 5.74) is 8.66. The van der Waals surface area contributed by atoms with E-state index >= 15 is 0 Å². The van der Waals surface area contributed by atoms with Crippen LogP contribution in [0.3, 0.4) is 0 Å². The van der Waals surface area contributed by atoms with Gasteiger partial charge in [0.25, 0.3) is 0 Å². The SMILES string of the molecule is C[C@H](CCNc1cccnc1N)NCCc1cccc(CC(=O)O)c1. The third-order valence-electron chi connectivity index (χ3n) is 3.98. The number of carboxylic acids is 1. The third-order valence-corrected chi connectivity index (χ3v) is 3.98. The molecule has 0 unspecified atom stereocenters. The Bertz CT molecular complexity index is 691. The molecule has 0 aliphatic rings. The van der Waals surface area contributed by atoms with E-state index in [1.165, 1.54) is 0 Å². The fourth-order valence-electron chi connectivity index (χ4n) is 2.63. The number of aromatic nitrogens is 1. The summed E-state index contributed by atoms with van der Waals surface area (Å²) < 4.78 is 0. The van der Waals surface area contributed by atoms with Crippen LogP contribution in [-0.2, 0) is 17.6 Å². The highest BCUT2D eigenvalue weighted by Crippen LogP contribution is 2.13. The van der Waals surface area contributed by atoms with Gasteiger partial charge in [0, 0.05) is 18.8 Å². The van der Waals surface area contributed by atoms with Crippen molar-refractivity contribution in [2.75, 3.05) is 24.1 Å². The molecule has 1 aromatic carbocycles. The molecule has 0 aliphatic heterocycles. The number of carboxylic acid groups (broad SMARTS) is 1. The highest BCUT2D eigenvalue weighted by atomic mass is 16.4. The normalized spacial score (nSPS) is 11.9. The van der Waals surface area contributed by atoms with Crippen LogP contribution in [0.25, 0.3) is 0 Å². The monoisotopic (exact) mass is 342 g/mol. The molecule has 134 valence electrons. The first kappa shape index (κ1) is 18.7. The summed E-state index contributed by atoms with van der Waals surface area (Å²) in [6, 6.07) is 11.9. The van der Waals surface area contributed by atoms with Crippen molar-refractivity contribution in [3.8, 4) is 0 Å². The first-order valence-corrected chi connectivity index (χ1v) is 8.52. The van der Waals surface area contributed by atoms with Crippen LogP contribution in [0, 0.1) is 0 Å². The summed E-state index contributed by atoms with van der Waals surface area (Å²) in [6.45, 7) is 3.82. The Hall–Kier alpha value is -2.60. The highest BCUT2D eigenvalue weighted by molar-refractivity contribution is 5.70. The average molecular weight is 342 g/mol. The summed E-state index contributed by atoms with van der Waals surface area (Å²) in [7, 11) is 0. The van der Waals surface area contributed by atoms with E-state index in [1.54, 1.807) is 6.20 Å². The molecule has 0 bridgehead atoms. The number of benzene rings is 1. The van der Waals surface area contributed by atoms with Gasteiger partial charge in [-0.25, -0.2) is 4.98 Å². The lowest BCUT2D eigenvalue weighted by Gasteiger charge is -2.15. The van der Waals surface area contributed by atoms with Gasteiger partial charge in [0.1, 0.15) is 5.82 Å². The zero-order valence-corrected chi connectivity index (χ0v) is 14.5. The quantitative estimate of drug-likeness (QED) is 0.529. The van der Waals surface area contributed by atoms with Gasteiger partial charge in [-0.15, -0.1) is 0 Å². The van der Waals surface area contributed by atoms with Crippen LogP contribution < -0.4 is 16.4 Å². The third kappa shape index (κ3) is 6.81. The minimum Gasteiger partial charge on any atom is -0.481 e. The molecule has 0 spiro atoms. The zero-order valence-electron chi connectivity index (χ0n) is 14.5. The molecule has 0 radical (unpaired) electrons. The number of hydrogen-bond acceptors (Lipinski definition) is 5. The molecule has 0 aliphatic carbocycles. The molecule has 0 saturated heterocycles. The van der Waals surface area contributed by atoms with E-state index in [-0.39, 0.29) is 6.42 Å². The first-order valence-electron chi connectivity index (χ1n) is 8.52. The van der Waals surface area contributed by atoms with Gasteiger partial charge in [-0.1, -0.05) is 24.3 Å². The predicted molar refractivity (Wildman–Crippen MR) is 101 cm³/mol. The first-order chi connectivity index (χ1) is 12.0. The van der Waals surface area contributed by atoms with E-state index in [2.05, 4.69) is 22.5 Å². The van der Waals surface area contributed by atoms with Crippen LogP contribution in [0.4, 0.5) is 11.5 Å². The Morgan fingerprint density at radius 3 is 2.80 bits per heavy atom. The topological polar surface area (TPSA) is 100 Å². The van der Waals surface area contributed by atoms with Gasteiger partial charge in [0.15, 0.2) is 0 Å². The maximum absolute atomic E-state index is 10.8. The van der Waals surface area contributed by atoms with Crippen molar-refractivity contribution in [1.29, 1.82) is 0 Å². The predicted octanol–water partition coefficient (Wildman–Crippen LogP) is 2.31. The molecule has 2 rings (SSSR count).